The number of thioether (sulfide) groups is 1. The zero-order chi connectivity index (χ0) is 24.0. The molecule has 1 amide bonds. The standard InChI is InChI=1S/C22H26N4O5S2/c1-5-26(6-2)33(28,29)19-13-17(10-7-15(19)3)23-20(27)14-32-22-25-24-21(31-22)16-8-11-18(30-4)12-9-16/h7-13H,5-6,14H2,1-4H3,(H,23,27). The Bertz CT molecular complexity index is 1210. The summed E-state index contributed by atoms with van der Waals surface area (Å²) in [6, 6.07) is 12.0. The molecule has 0 aliphatic carbocycles. The van der Waals surface area contributed by atoms with Gasteiger partial charge in [0.2, 0.25) is 21.8 Å². The van der Waals surface area contributed by atoms with Gasteiger partial charge in [-0.3, -0.25) is 4.79 Å². The number of ether oxygens (including phenoxy) is 1. The lowest BCUT2D eigenvalue weighted by atomic mass is 10.2. The molecule has 3 rings (SSSR count). The summed E-state index contributed by atoms with van der Waals surface area (Å²) in [5, 5.41) is 10.9. The second-order valence-corrected chi connectivity index (χ2v) is 9.84. The highest BCUT2D eigenvalue weighted by atomic mass is 32.2. The van der Waals surface area contributed by atoms with Crippen molar-refractivity contribution >= 4 is 33.4 Å². The minimum Gasteiger partial charge on any atom is -0.497 e. The van der Waals surface area contributed by atoms with Crippen LogP contribution in [-0.4, -0.2) is 54.8 Å². The Morgan fingerprint density at radius 3 is 2.45 bits per heavy atom. The maximum absolute atomic E-state index is 12.9. The summed E-state index contributed by atoms with van der Waals surface area (Å²) in [4.78, 5) is 12.6. The van der Waals surface area contributed by atoms with Crippen LogP contribution in [0.4, 0.5) is 5.69 Å². The molecular formula is C22H26N4O5S2. The summed E-state index contributed by atoms with van der Waals surface area (Å²) < 4.78 is 37.9. The van der Waals surface area contributed by atoms with Crippen molar-refractivity contribution in [3.05, 3.63) is 48.0 Å². The van der Waals surface area contributed by atoms with E-state index in [1.54, 1.807) is 64.3 Å². The summed E-state index contributed by atoms with van der Waals surface area (Å²) in [6.45, 7) is 6.05. The lowest BCUT2D eigenvalue weighted by Crippen LogP contribution is -2.31. The molecule has 3 aromatic rings. The molecule has 1 N–H and O–H groups in total. The Hall–Kier alpha value is -2.89. The molecule has 0 saturated heterocycles. The van der Waals surface area contributed by atoms with Crippen LogP contribution >= 0.6 is 11.8 Å². The van der Waals surface area contributed by atoms with Crippen LogP contribution in [0.25, 0.3) is 11.5 Å². The van der Waals surface area contributed by atoms with E-state index in [0.717, 1.165) is 17.3 Å². The van der Waals surface area contributed by atoms with E-state index in [4.69, 9.17) is 9.15 Å². The Morgan fingerprint density at radius 1 is 1.12 bits per heavy atom. The first-order valence-electron chi connectivity index (χ1n) is 10.3. The van der Waals surface area contributed by atoms with Gasteiger partial charge in [0.1, 0.15) is 5.75 Å². The van der Waals surface area contributed by atoms with Crippen LogP contribution in [-0.2, 0) is 14.8 Å². The van der Waals surface area contributed by atoms with Crippen LogP contribution in [0.3, 0.4) is 0 Å². The number of methoxy groups -OCH3 is 1. The molecular weight excluding hydrogens is 464 g/mol. The average Bonchev–Trinajstić information content (AvgIpc) is 3.28. The van der Waals surface area contributed by atoms with Gasteiger partial charge in [-0.25, -0.2) is 8.42 Å². The van der Waals surface area contributed by atoms with E-state index < -0.39 is 10.0 Å². The van der Waals surface area contributed by atoms with Gasteiger partial charge in [-0.15, -0.1) is 10.2 Å². The van der Waals surface area contributed by atoms with E-state index >= 15 is 0 Å². The number of sulfonamides is 1. The third kappa shape index (κ3) is 5.92. The molecule has 0 aliphatic rings. The zero-order valence-electron chi connectivity index (χ0n) is 18.9. The van der Waals surface area contributed by atoms with Crippen LogP contribution in [0, 0.1) is 6.92 Å². The predicted octanol–water partition coefficient (Wildman–Crippen LogP) is 3.81. The van der Waals surface area contributed by atoms with E-state index in [1.165, 1.54) is 10.4 Å². The number of benzene rings is 2. The molecule has 0 aliphatic heterocycles. The highest BCUT2D eigenvalue weighted by Gasteiger charge is 2.24. The fourth-order valence-electron chi connectivity index (χ4n) is 3.10. The molecule has 2 aromatic carbocycles. The van der Waals surface area contributed by atoms with Gasteiger partial charge in [0.15, 0.2) is 0 Å². The molecule has 0 atom stereocenters. The first kappa shape index (κ1) is 24.7. The maximum Gasteiger partial charge on any atom is 0.277 e. The largest absolute Gasteiger partial charge is 0.497 e. The first-order valence-corrected chi connectivity index (χ1v) is 12.7. The van der Waals surface area contributed by atoms with Gasteiger partial charge in [0, 0.05) is 24.3 Å². The van der Waals surface area contributed by atoms with Crippen molar-refractivity contribution < 1.29 is 22.4 Å². The summed E-state index contributed by atoms with van der Waals surface area (Å²) in [5.74, 6) is 0.759. The van der Waals surface area contributed by atoms with Gasteiger partial charge >= 0.3 is 0 Å². The second-order valence-electron chi connectivity index (χ2n) is 7.01. The smallest absolute Gasteiger partial charge is 0.277 e. The van der Waals surface area contributed by atoms with Crippen molar-refractivity contribution in [1.29, 1.82) is 0 Å². The van der Waals surface area contributed by atoms with Gasteiger partial charge in [-0.2, -0.15) is 4.31 Å². The van der Waals surface area contributed by atoms with Gasteiger partial charge in [-0.05, 0) is 48.9 Å². The van der Waals surface area contributed by atoms with Crippen LogP contribution in [0.1, 0.15) is 19.4 Å². The molecule has 1 heterocycles. The Kier molecular flexibility index (Phi) is 8.11. The fraction of sp³-hybridized carbons (Fsp3) is 0.318. The molecule has 0 radical (unpaired) electrons. The lowest BCUT2D eigenvalue weighted by Gasteiger charge is -2.20. The number of nitrogens with one attached hydrogen (secondary N) is 1. The molecule has 0 unspecified atom stereocenters. The molecule has 33 heavy (non-hydrogen) atoms. The average molecular weight is 491 g/mol. The van der Waals surface area contributed by atoms with Crippen LogP contribution in [0.5, 0.6) is 5.75 Å². The summed E-state index contributed by atoms with van der Waals surface area (Å²) >= 11 is 1.09. The van der Waals surface area contributed by atoms with Crippen LogP contribution < -0.4 is 10.1 Å². The number of anilines is 1. The number of aryl methyl sites for hydroxylation is 1. The Morgan fingerprint density at radius 2 is 1.82 bits per heavy atom. The summed E-state index contributed by atoms with van der Waals surface area (Å²) in [7, 11) is -2.05. The topological polar surface area (TPSA) is 115 Å². The lowest BCUT2D eigenvalue weighted by molar-refractivity contribution is -0.113. The number of nitrogens with zero attached hydrogens (tertiary/aromatic N) is 3. The van der Waals surface area contributed by atoms with Crippen molar-refractivity contribution in [3.8, 4) is 17.2 Å². The number of rotatable bonds is 10. The fourth-order valence-corrected chi connectivity index (χ4v) is 5.37. The molecule has 0 saturated carbocycles. The summed E-state index contributed by atoms with van der Waals surface area (Å²) in [5.41, 5.74) is 1.76. The molecule has 0 spiro atoms. The van der Waals surface area contributed by atoms with Crippen LogP contribution in [0.15, 0.2) is 57.0 Å². The van der Waals surface area contributed by atoms with Crippen molar-refractivity contribution in [2.45, 2.75) is 30.9 Å². The molecule has 0 fully saturated rings. The SMILES string of the molecule is CCN(CC)S(=O)(=O)c1cc(NC(=O)CSc2nnc(-c3ccc(OC)cc3)o2)ccc1C. The highest BCUT2D eigenvalue weighted by molar-refractivity contribution is 7.99. The van der Waals surface area contributed by atoms with Crippen molar-refractivity contribution in [3.63, 3.8) is 0 Å². The molecule has 176 valence electrons. The van der Waals surface area contributed by atoms with Crippen molar-refractivity contribution in [1.82, 2.24) is 14.5 Å². The van der Waals surface area contributed by atoms with E-state index in [0.29, 0.717) is 36.0 Å². The quantitative estimate of drug-likeness (QED) is 0.427. The Balaban J connectivity index is 1.64. The number of aromatic nitrogens is 2. The first-order chi connectivity index (χ1) is 15.8. The molecule has 0 bridgehead atoms. The number of hydrogen-bond donors (Lipinski definition) is 1. The number of hydrogen-bond acceptors (Lipinski definition) is 8. The van der Waals surface area contributed by atoms with E-state index in [2.05, 4.69) is 15.5 Å². The van der Waals surface area contributed by atoms with Crippen molar-refractivity contribution in [2.24, 2.45) is 0 Å². The van der Waals surface area contributed by atoms with Gasteiger partial charge < -0.3 is 14.5 Å². The number of carbonyl (C=O) groups is 1. The van der Waals surface area contributed by atoms with E-state index in [-0.39, 0.29) is 21.8 Å². The minimum atomic E-state index is -3.64. The third-order valence-corrected chi connectivity index (χ3v) is 7.88. The highest BCUT2D eigenvalue weighted by Crippen LogP contribution is 2.26. The summed E-state index contributed by atoms with van der Waals surface area (Å²) in [6.07, 6.45) is 0. The zero-order valence-corrected chi connectivity index (χ0v) is 20.5. The van der Waals surface area contributed by atoms with Gasteiger partial charge in [0.25, 0.3) is 5.22 Å². The van der Waals surface area contributed by atoms with Gasteiger partial charge in [0.05, 0.1) is 17.8 Å². The van der Waals surface area contributed by atoms with Crippen molar-refractivity contribution in [2.75, 3.05) is 31.3 Å². The minimum absolute atomic E-state index is 0.0241. The number of carbonyl (C=O) groups excluding carboxylic acids is 1. The monoisotopic (exact) mass is 490 g/mol. The molecule has 11 heteroatoms. The third-order valence-electron chi connectivity index (χ3n) is 4.87. The maximum atomic E-state index is 12.9. The van der Waals surface area contributed by atoms with E-state index in [9.17, 15) is 13.2 Å². The normalized spacial score (nSPS) is 11.5. The number of amides is 1. The van der Waals surface area contributed by atoms with E-state index in [1.807, 2.05) is 0 Å². The molecule has 9 nitrogen and oxygen atoms in total. The second kappa shape index (κ2) is 10.8. The predicted molar refractivity (Wildman–Crippen MR) is 127 cm³/mol. The van der Waals surface area contributed by atoms with Crippen LogP contribution in [0.2, 0.25) is 0 Å². The van der Waals surface area contributed by atoms with Gasteiger partial charge in [-0.1, -0.05) is 31.7 Å². The molecule has 1 aromatic heterocycles. The Labute approximate surface area is 197 Å².